The number of rotatable bonds is 2. The van der Waals surface area contributed by atoms with Gasteiger partial charge in [-0.25, -0.2) is 14.4 Å². The standard InChI is InChI=1S/C15H16ClFN2O/c1-15(2,3)14-18-11(8-13(16)19-14)9-5-6-12(20-4)10(17)7-9/h5-8H,1-4H3. The molecule has 0 bridgehead atoms. The van der Waals surface area contributed by atoms with E-state index in [-0.39, 0.29) is 11.2 Å². The summed E-state index contributed by atoms with van der Waals surface area (Å²) >= 11 is 6.03. The molecule has 0 aliphatic heterocycles. The van der Waals surface area contributed by atoms with E-state index in [0.717, 1.165) is 0 Å². The molecule has 0 spiro atoms. The molecule has 0 fully saturated rings. The average molecular weight is 295 g/mol. The Labute approximate surface area is 122 Å². The summed E-state index contributed by atoms with van der Waals surface area (Å²) in [6.45, 7) is 5.99. The zero-order chi connectivity index (χ0) is 14.9. The zero-order valence-corrected chi connectivity index (χ0v) is 12.6. The summed E-state index contributed by atoms with van der Waals surface area (Å²) in [6, 6.07) is 6.31. The molecule has 0 aliphatic carbocycles. The molecule has 0 amide bonds. The fraction of sp³-hybridized carbons (Fsp3) is 0.333. The second-order valence-corrected chi connectivity index (χ2v) is 5.89. The summed E-state index contributed by atoms with van der Waals surface area (Å²) in [4.78, 5) is 8.69. The molecule has 0 radical (unpaired) electrons. The quantitative estimate of drug-likeness (QED) is 0.777. The molecule has 5 heteroatoms. The SMILES string of the molecule is COc1ccc(-c2cc(Cl)nc(C(C)(C)C)n2)cc1F. The van der Waals surface area contributed by atoms with Crippen molar-refractivity contribution in [3.05, 3.63) is 41.1 Å². The van der Waals surface area contributed by atoms with Gasteiger partial charge < -0.3 is 4.74 Å². The Morgan fingerprint density at radius 1 is 1.15 bits per heavy atom. The van der Waals surface area contributed by atoms with E-state index in [1.165, 1.54) is 13.2 Å². The van der Waals surface area contributed by atoms with Gasteiger partial charge in [0, 0.05) is 17.0 Å². The van der Waals surface area contributed by atoms with Gasteiger partial charge in [-0.1, -0.05) is 32.4 Å². The Bertz CT molecular complexity index is 638. The fourth-order valence-corrected chi connectivity index (χ4v) is 1.91. The van der Waals surface area contributed by atoms with Crippen LogP contribution in [0, 0.1) is 5.82 Å². The first kappa shape index (κ1) is 14.7. The van der Waals surface area contributed by atoms with Gasteiger partial charge in [0.15, 0.2) is 11.6 Å². The van der Waals surface area contributed by atoms with Gasteiger partial charge in [0.2, 0.25) is 0 Å². The average Bonchev–Trinajstić information content (AvgIpc) is 2.37. The highest BCUT2D eigenvalue weighted by Gasteiger charge is 2.19. The van der Waals surface area contributed by atoms with Crippen LogP contribution in [-0.2, 0) is 5.41 Å². The van der Waals surface area contributed by atoms with Crippen LogP contribution >= 0.6 is 11.6 Å². The highest BCUT2D eigenvalue weighted by atomic mass is 35.5. The number of benzene rings is 1. The first-order valence-electron chi connectivity index (χ1n) is 6.20. The molecule has 1 aromatic carbocycles. The molecule has 2 rings (SSSR count). The summed E-state index contributed by atoms with van der Waals surface area (Å²) in [5, 5.41) is 0.344. The maximum atomic E-state index is 13.8. The molecular weight excluding hydrogens is 279 g/mol. The predicted octanol–water partition coefficient (Wildman–Crippen LogP) is 4.24. The smallest absolute Gasteiger partial charge is 0.165 e. The first-order valence-corrected chi connectivity index (χ1v) is 6.58. The Balaban J connectivity index is 2.53. The van der Waals surface area contributed by atoms with E-state index in [1.807, 2.05) is 20.8 Å². The van der Waals surface area contributed by atoms with Gasteiger partial charge in [-0.2, -0.15) is 0 Å². The molecule has 0 unspecified atom stereocenters. The lowest BCUT2D eigenvalue weighted by Gasteiger charge is -2.17. The molecule has 0 aliphatic rings. The predicted molar refractivity (Wildman–Crippen MR) is 77.7 cm³/mol. The van der Waals surface area contributed by atoms with Crippen LogP contribution in [0.5, 0.6) is 5.75 Å². The van der Waals surface area contributed by atoms with Crippen LogP contribution in [0.1, 0.15) is 26.6 Å². The summed E-state index contributed by atoms with van der Waals surface area (Å²) in [7, 11) is 1.43. The third kappa shape index (κ3) is 3.07. The fourth-order valence-electron chi connectivity index (χ4n) is 1.73. The Morgan fingerprint density at radius 2 is 1.85 bits per heavy atom. The second-order valence-electron chi connectivity index (χ2n) is 5.50. The monoisotopic (exact) mass is 294 g/mol. The number of hydrogen-bond acceptors (Lipinski definition) is 3. The maximum Gasteiger partial charge on any atom is 0.165 e. The normalized spacial score (nSPS) is 11.5. The van der Waals surface area contributed by atoms with Gasteiger partial charge in [-0.3, -0.25) is 0 Å². The minimum absolute atomic E-state index is 0.199. The minimum Gasteiger partial charge on any atom is -0.494 e. The van der Waals surface area contributed by atoms with Gasteiger partial charge in [-0.15, -0.1) is 0 Å². The number of nitrogens with zero attached hydrogens (tertiary/aromatic N) is 2. The Hall–Kier alpha value is -1.68. The number of halogens is 2. The lowest BCUT2D eigenvalue weighted by Crippen LogP contribution is -2.16. The highest BCUT2D eigenvalue weighted by molar-refractivity contribution is 6.29. The Kier molecular flexibility index (Phi) is 3.95. The second kappa shape index (κ2) is 5.37. The molecule has 106 valence electrons. The molecule has 0 N–H and O–H groups in total. The van der Waals surface area contributed by atoms with Crippen molar-refractivity contribution in [3.8, 4) is 17.0 Å². The topological polar surface area (TPSA) is 35.0 Å². The first-order chi connectivity index (χ1) is 9.31. The summed E-state index contributed by atoms with van der Waals surface area (Å²) in [6.07, 6.45) is 0. The number of hydrogen-bond donors (Lipinski definition) is 0. The van der Waals surface area contributed by atoms with Gasteiger partial charge in [0.1, 0.15) is 11.0 Å². The van der Waals surface area contributed by atoms with Gasteiger partial charge >= 0.3 is 0 Å². The molecule has 0 atom stereocenters. The van der Waals surface area contributed by atoms with Crippen LogP contribution in [0.2, 0.25) is 5.15 Å². The third-order valence-electron chi connectivity index (χ3n) is 2.81. The molecular formula is C15H16ClFN2O. The van der Waals surface area contributed by atoms with E-state index in [1.54, 1.807) is 18.2 Å². The van der Waals surface area contributed by atoms with Crippen molar-refractivity contribution in [1.29, 1.82) is 0 Å². The molecule has 1 aromatic heterocycles. The number of aromatic nitrogens is 2. The van der Waals surface area contributed by atoms with Crippen LogP contribution in [-0.4, -0.2) is 17.1 Å². The maximum absolute atomic E-state index is 13.8. The molecule has 0 saturated carbocycles. The van der Waals surface area contributed by atoms with Crippen molar-refractivity contribution >= 4 is 11.6 Å². The van der Waals surface area contributed by atoms with Crippen molar-refractivity contribution < 1.29 is 9.13 Å². The van der Waals surface area contributed by atoms with Gasteiger partial charge in [-0.05, 0) is 18.2 Å². The molecule has 3 nitrogen and oxygen atoms in total. The molecule has 2 aromatic rings. The zero-order valence-electron chi connectivity index (χ0n) is 11.9. The van der Waals surface area contributed by atoms with Crippen LogP contribution in [0.15, 0.2) is 24.3 Å². The van der Waals surface area contributed by atoms with Crippen LogP contribution in [0.4, 0.5) is 4.39 Å². The highest BCUT2D eigenvalue weighted by Crippen LogP contribution is 2.28. The van der Waals surface area contributed by atoms with Gasteiger partial charge in [0.25, 0.3) is 0 Å². The number of ether oxygens (including phenoxy) is 1. The molecule has 0 saturated heterocycles. The van der Waals surface area contributed by atoms with E-state index in [4.69, 9.17) is 16.3 Å². The number of methoxy groups -OCH3 is 1. The summed E-state index contributed by atoms with van der Waals surface area (Å²) < 4.78 is 18.7. The van der Waals surface area contributed by atoms with Crippen LogP contribution in [0.3, 0.4) is 0 Å². The molecule has 1 heterocycles. The van der Waals surface area contributed by atoms with Crippen molar-refractivity contribution in [2.24, 2.45) is 0 Å². The Morgan fingerprint density at radius 3 is 2.40 bits per heavy atom. The van der Waals surface area contributed by atoms with E-state index in [2.05, 4.69) is 9.97 Å². The van der Waals surface area contributed by atoms with Gasteiger partial charge in [0.05, 0.1) is 12.8 Å². The summed E-state index contributed by atoms with van der Waals surface area (Å²) in [5.74, 6) is 0.387. The van der Waals surface area contributed by atoms with Crippen molar-refractivity contribution in [1.82, 2.24) is 9.97 Å². The summed E-state index contributed by atoms with van der Waals surface area (Å²) in [5.41, 5.74) is 1.000. The third-order valence-corrected chi connectivity index (χ3v) is 3.01. The lowest BCUT2D eigenvalue weighted by atomic mass is 9.95. The van der Waals surface area contributed by atoms with Crippen LogP contribution < -0.4 is 4.74 Å². The van der Waals surface area contributed by atoms with Crippen molar-refractivity contribution in [2.45, 2.75) is 26.2 Å². The van der Waals surface area contributed by atoms with E-state index in [9.17, 15) is 4.39 Å². The van der Waals surface area contributed by atoms with E-state index < -0.39 is 5.82 Å². The van der Waals surface area contributed by atoms with Crippen molar-refractivity contribution in [2.75, 3.05) is 7.11 Å². The minimum atomic E-state index is -0.433. The van der Waals surface area contributed by atoms with Crippen molar-refractivity contribution in [3.63, 3.8) is 0 Å². The van der Waals surface area contributed by atoms with E-state index >= 15 is 0 Å². The lowest BCUT2D eigenvalue weighted by molar-refractivity contribution is 0.386. The van der Waals surface area contributed by atoms with Crippen LogP contribution in [0.25, 0.3) is 11.3 Å². The molecule has 20 heavy (non-hydrogen) atoms. The largest absolute Gasteiger partial charge is 0.494 e. The van der Waals surface area contributed by atoms with E-state index in [0.29, 0.717) is 22.2 Å².